The number of benzene rings is 1. The van der Waals surface area contributed by atoms with Crippen LogP contribution in [0.3, 0.4) is 0 Å². The first-order chi connectivity index (χ1) is 8.49. The second-order valence-electron chi connectivity index (χ2n) is 3.83. The van der Waals surface area contributed by atoms with E-state index < -0.39 is 12.8 Å². The van der Waals surface area contributed by atoms with Crippen molar-refractivity contribution in [3.05, 3.63) is 29.8 Å². The molecule has 0 aliphatic heterocycles. The van der Waals surface area contributed by atoms with E-state index in [2.05, 4.69) is 10.1 Å². The van der Waals surface area contributed by atoms with Gasteiger partial charge in [-0.3, -0.25) is 0 Å². The summed E-state index contributed by atoms with van der Waals surface area (Å²) in [5.41, 5.74) is 0.758. The number of hydrogen-bond acceptors (Lipinski definition) is 3. The minimum atomic E-state index is -4.26. The van der Waals surface area contributed by atoms with E-state index in [0.29, 0.717) is 19.5 Å². The summed E-state index contributed by atoms with van der Waals surface area (Å²) < 4.78 is 39.6. The standard InChI is InChI=1S/C12H16F3NO2/c13-12(14,15)9-18-7-3-6-16-8-10-4-1-2-5-11(10)17/h1-2,4-5,16-17H,3,6-9H2. The molecule has 3 nitrogen and oxygen atoms in total. The number of halogens is 3. The van der Waals surface area contributed by atoms with Crippen LogP contribution in [0.2, 0.25) is 0 Å². The molecule has 0 fully saturated rings. The molecule has 0 aromatic heterocycles. The number of phenolic OH excluding ortho intramolecular Hbond substituents is 1. The van der Waals surface area contributed by atoms with Crippen LogP contribution in [-0.4, -0.2) is 31.0 Å². The van der Waals surface area contributed by atoms with Crippen LogP contribution in [0.25, 0.3) is 0 Å². The van der Waals surface area contributed by atoms with E-state index in [-0.39, 0.29) is 12.4 Å². The van der Waals surface area contributed by atoms with Crippen molar-refractivity contribution in [2.45, 2.75) is 19.1 Å². The molecule has 0 unspecified atom stereocenters. The average Bonchev–Trinajstić information content (AvgIpc) is 2.28. The molecule has 0 saturated carbocycles. The molecule has 1 aromatic rings. The number of nitrogens with one attached hydrogen (secondary N) is 1. The van der Waals surface area contributed by atoms with Gasteiger partial charge in [0.2, 0.25) is 0 Å². The highest BCUT2D eigenvalue weighted by Crippen LogP contribution is 2.15. The zero-order valence-electron chi connectivity index (χ0n) is 9.83. The summed E-state index contributed by atoms with van der Waals surface area (Å²) in [5.74, 6) is 0.207. The fourth-order valence-electron chi connectivity index (χ4n) is 1.37. The van der Waals surface area contributed by atoms with Crippen LogP contribution in [0.1, 0.15) is 12.0 Å². The molecule has 1 rings (SSSR count). The number of rotatable bonds is 7. The summed E-state index contributed by atoms with van der Waals surface area (Å²) in [6.07, 6.45) is -3.77. The van der Waals surface area contributed by atoms with Crippen LogP contribution >= 0.6 is 0 Å². The van der Waals surface area contributed by atoms with E-state index in [1.807, 2.05) is 6.07 Å². The maximum absolute atomic E-state index is 11.7. The van der Waals surface area contributed by atoms with Gasteiger partial charge in [0.1, 0.15) is 12.4 Å². The Labute approximate surface area is 104 Å². The Bertz CT molecular complexity index is 355. The lowest BCUT2D eigenvalue weighted by molar-refractivity contribution is -0.173. The lowest BCUT2D eigenvalue weighted by Crippen LogP contribution is -2.20. The second kappa shape index (κ2) is 7.23. The Morgan fingerprint density at radius 1 is 1.22 bits per heavy atom. The fraction of sp³-hybridized carbons (Fsp3) is 0.500. The molecular formula is C12H16F3NO2. The third-order valence-corrected chi connectivity index (χ3v) is 2.22. The molecule has 0 radical (unpaired) electrons. The van der Waals surface area contributed by atoms with Crippen molar-refractivity contribution in [2.75, 3.05) is 19.8 Å². The SMILES string of the molecule is Oc1ccccc1CNCCCOCC(F)(F)F. The van der Waals surface area contributed by atoms with Crippen LogP contribution < -0.4 is 5.32 Å². The topological polar surface area (TPSA) is 41.5 Å². The number of hydrogen-bond donors (Lipinski definition) is 2. The van der Waals surface area contributed by atoms with Crippen molar-refractivity contribution in [3.8, 4) is 5.75 Å². The molecule has 2 N–H and O–H groups in total. The third kappa shape index (κ3) is 6.46. The van der Waals surface area contributed by atoms with Gasteiger partial charge in [-0.2, -0.15) is 13.2 Å². The highest BCUT2D eigenvalue weighted by molar-refractivity contribution is 5.31. The predicted molar refractivity (Wildman–Crippen MR) is 61.3 cm³/mol. The predicted octanol–water partition coefficient (Wildman–Crippen LogP) is 2.45. The van der Waals surface area contributed by atoms with Crippen molar-refractivity contribution in [3.63, 3.8) is 0 Å². The van der Waals surface area contributed by atoms with Gasteiger partial charge in [0, 0.05) is 18.7 Å². The number of para-hydroxylation sites is 1. The molecule has 18 heavy (non-hydrogen) atoms. The van der Waals surface area contributed by atoms with E-state index in [9.17, 15) is 18.3 Å². The smallest absolute Gasteiger partial charge is 0.411 e. The van der Waals surface area contributed by atoms with Gasteiger partial charge in [-0.25, -0.2) is 0 Å². The minimum Gasteiger partial charge on any atom is -0.508 e. The largest absolute Gasteiger partial charge is 0.508 e. The van der Waals surface area contributed by atoms with Crippen molar-refractivity contribution in [2.24, 2.45) is 0 Å². The van der Waals surface area contributed by atoms with Crippen molar-refractivity contribution >= 4 is 0 Å². The Balaban J connectivity index is 2.04. The van der Waals surface area contributed by atoms with Gasteiger partial charge in [-0.05, 0) is 19.0 Å². The maximum atomic E-state index is 11.7. The number of phenols is 1. The van der Waals surface area contributed by atoms with Crippen LogP contribution in [0.5, 0.6) is 5.75 Å². The Morgan fingerprint density at radius 3 is 2.61 bits per heavy atom. The first-order valence-electron chi connectivity index (χ1n) is 5.61. The molecule has 0 heterocycles. The van der Waals surface area contributed by atoms with Crippen LogP contribution in [0.4, 0.5) is 13.2 Å². The van der Waals surface area contributed by atoms with Gasteiger partial charge in [0.05, 0.1) is 0 Å². The summed E-state index contributed by atoms with van der Waals surface area (Å²) >= 11 is 0. The molecule has 102 valence electrons. The highest BCUT2D eigenvalue weighted by Gasteiger charge is 2.27. The molecule has 1 aromatic carbocycles. The van der Waals surface area contributed by atoms with Gasteiger partial charge in [-0.1, -0.05) is 18.2 Å². The van der Waals surface area contributed by atoms with Crippen LogP contribution in [-0.2, 0) is 11.3 Å². The monoisotopic (exact) mass is 263 g/mol. The molecule has 0 aliphatic rings. The summed E-state index contributed by atoms with van der Waals surface area (Å²) in [7, 11) is 0. The minimum absolute atomic E-state index is 0.0628. The van der Waals surface area contributed by atoms with Gasteiger partial charge < -0.3 is 15.2 Å². The molecule has 0 amide bonds. The highest BCUT2D eigenvalue weighted by atomic mass is 19.4. The molecule has 6 heteroatoms. The van der Waals surface area contributed by atoms with Gasteiger partial charge >= 0.3 is 6.18 Å². The average molecular weight is 263 g/mol. The Hall–Kier alpha value is -1.27. The number of ether oxygens (including phenoxy) is 1. The third-order valence-electron chi connectivity index (χ3n) is 2.22. The van der Waals surface area contributed by atoms with Crippen molar-refractivity contribution in [1.29, 1.82) is 0 Å². The summed E-state index contributed by atoms with van der Waals surface area (Å²) in [5, 5.41) is 12.5. The van der Waals surface area contributed by atoms with Crippen molar-refractivity contribution < 1.29 is 23.0 Å². The molecule has 0 saturated heterocycles. The summed E-state index contributed by atoms with van der Waals surface area (Å²) in [6, 6.07) is 6.90. The zero-order chi connectivity index (χ0) is 13.4. The fourth-order valence-corrected chi connectivity index (χ4v) is 1.37. The van der Waals surface area contributed by atoms with E-state index in [4.69, 9.17) is 0 Å². The number of aromatic hydroxyl groups is 1. The lowest BCUT2D eigenvalue weighted by Gasteiger charge is -2.08. The molecule has 0 spiro atoms. The molecule has 0 bridgehead atoms. The lowest BCUT2D eigenvalue weighted by atomic mass is 10.2. The summed E-state index contributed by atoms with van der Waals surface area (Å²) in [4.78, 5) is 0. The normalized spacial score (nSPS) is 11.7. The van der Waals surface area contributed by atoms with Crippen molar-refractivity contribution in [1.82, 2.24) is 5.32 Å². The van der Waals surface area contributed by atoms with Gasteiger partial charge in [-0.15, -0.1) is 0 Å². The first kappa shape index (κ1) is 14.8. The quantitative estimate of drug-likeness (QED) is 0.742. The van der Waals surface area contributed by atoms with E-state index in [0.717, 1.165) is 5.56 Å². The van der Waals surface area contributed by atoms with Crippen LogP contribution in [0, 0.1) is 0 Å². The zero-order valence-corrected chi connectivity index (χ0v) is 9.83. The van der Waals surface area contributed by atoms with Crippen LogP contribution in [0.15, 0.2) is 24.3 Å². The Morgan fingerprint density at radius 2 is 1.94 bits per heavy atom. The van der Waals surface area contributed by atoms with E-state index in [1.54, 1.807) is 18.2 Å². The van der Waals surface area contributed by atoms with Gasteiger partial charge in [0.15, 0.2) is 0 Å². The first-order valence-corrected chi connectivity index (χ1v) is 5.61. The van der Waals surface area contributed by atoms with E-state index >= 15 is 0 Å². The van der Waals surface area contributed by atoms with Gasteiger partial charge in [0.25, 0.3) is 0 Å². The molecule has 0 atom stereocenters. The summed E-state index contributed by atoms with van der Waals surface area (Å²) in [6.45, 7) is -0.127. The van der Waals surface area contributed by atoms with E-state index in [1.165, 1.54) is 0 Å². The molecule has 0 aliphatic carbocycles. The number of alkyl halides is 3. The molecular weight excluding hydrogens is 247 g/mol. The second-order valence-corrected chi connectivity index (χ2v) is 3.83. The maximum Gasteiger partial charge on any atom is 0.411 e. The Kier molecular flexibility index (Phi) is 5.94.